The van der Waals surface area contributed by atoms with Crippen molar-refractivity contribution in [2.45, 2.75) is 52.6 Å². The molecule has 0 heterocycles. The Hall–Kier alpha value is -0.0900. The molecule has 3 nitrogen and oxygen atoms in total. The summed E-state index contributed by atoms with van der Waals surface area (Å²) in [5, 5.41) is 0. The highest BCUT2D eigenvalue weighted by Crippen LogP contribution is 2.07. The maximum absolute atomic E-state index is 11.2. The summed E-state index contributed by atoms with van der Waals surface area (Å²) in [6.45, 7) is 13.1. The van der Waals surface area contributed by atoms with Gasteiger partial charge in [-0.3, -0.25) is 4.90 Å². The van der Waals surface area contributed by atoms with Gasteiger partial charge in [0.15, 0.2) is 0 Å². The van der Waals surface area contributed by atoms with E-state index in [2.05, 4.69) is 39.5 Å². The highest BCUT2D eigenvalue weighted by Gasteiger charge is 2.13. The van der Waals surface area contributed by atoms with Crippen LogP contribution in [-0.2, 0) is 9.84 Å². The Balaban J connectivity index is 3.88. The molecule has 97 valence electrons. The summed E-state index contributed by atoms with van der Waals surface area (Å²) < 4.78 is 22.5. The molecule has 0 saturated heterocycles. The Morgan fingerprint density at radius 1 is 1.06 bits per heavy atom. The van der Waals surface area contributed by atoms with Crippen LogP contribution in [0.15, 0.2) is 0 Å². The van der Waals surface area contributed by atoms with Gasteiger partial charge in [-0.15, -0.1) is 0 Å². The van der Waals surface area contributed by atoms with E-state index in [1.54, 1.807) is 0 Å². The smallest absolute Gasteiger partial charge is 0.150 e. The van der Waals surface area contributed by atoms with Crippen molar-refractivity contribution < 1.29 is 8.42 Å². The Morgan fingerprint density at radius 2 is 1.56 bits per heavy atom. The van der Waals surface area contributed by atoms with Gasteiger partial charge in [-0.25, -0.2) is 8.42 Å². The molecule has 0 aromatic heterocycles. The third-order valence-electron chi connectivity index (χ3n) is 2.76. The van der Waals surface area contributed by atoms with Gasteiger partial charge < -0.3 is 0 Å². The Labute approximate surface area is 101 Å². The molecule has 0 fully saturated rings. The van der Waals surface area contributed by atoms with Gasteiger partial charge in [0.2, 0.25) is 0 Å². The van der Waals surface area contributed by atoms with Crippen molar-refractivity contribution in [1.82, 2.24) is 4.90 Å². The van der Waals surface area contributed by atoms with Gasteiger partial charge in [0.25, 0.3) is 0 Å². The van der Waals surface area contributed by atoms with E-state index >= 15 is 0 Å². The summed E-state index contributed by atoms with van der Waals surface area (Å²) in [5.74, 6) is 0.297. The SMILES string of the molecule is [CH2]CS(=O)(=O)CCCCN(C(C)C)C(C)C. The van der Waals surface area contributed by atoms with Gasteiger partial charge in [0.1, 0.15) is 9.84 Å². The summed E-state index contributed by atoms with van der Waals surface area (Å²) in [4.78, 5) is 2.39. The van der Waals surface area contributed by atoms with Crippen molar-refractivity contribution in [3.8, 4) is 0 Å². The predicted molar refractivity (Wildman–Crippen MR) is 70.2 cm³/mol. The molecule has 0 aliphatic rings. The van der Waals surface area contributed by atoms with E-state index in [1.165, 1.54) is 0 Å². The summed E-state index contributed by atoms with van der Waals surface area (Å²) in [6, 6.07) is 1.04. The minimum atomic E-state index is -2.89. The molecule has 0 saturated carbocycles. The molecule has 0 bridgehead atoms. The molecule has 0 rings (SSSR count). The third-order valence-corrected chi connectivity index (χ3v) is 4.29. The van der Waals surface area contributed by atoms with Crippen LogP contribution < -0.4 is 0 Å². The maximum Gasteiger partial charge on any atom is 0.150 e. The zero-order valence-electron chi connectivity index (χ0n) is 11.1. The van der Waals surface area contributed by atoms with Crippen LogP contribution in [0, 0.1) is 6.92 Å². The van der Waals surface area contributed by atoms with Crippen LogP contribution in [0.3, 0.4) is 0 Å². The van der Waals surface area contributed by atoms with Gasteiger partial charge in [-0.05, 0) is 54.0 Å². The van der Waals surface area contributed by atoms with Crippen LogP contribution in [0.25, 0.3) is 0 Å². The Bertz CT molecular complexity index is 263. The fourth-order valence-corrected chi connectivity index (χ4v) is 2.68. The lowest BCUT2D eigenvalue weighted by Crippen LogP contribution is -2.37. The number of hydrogen-bond donors (Lipinski definition) is 0. The number of rotatable bonds is 8. The molecule has 0 aliphatic heterocycles. The largest absolute Gasteiger partial charge is 0.299 e. The second-order valence-electron chi connectivity index (χ2n) is 4.78. The van der Waals surface area contributed by atoms with E-state index in [0.717, 1.165) is 19.4 Å². The first kappa shape index (κ1) is 15.9. The highest BCUT2D eigenvalue weighted by molar-refractivity contribution is 7.91. The molecule has 1 radical (unpaired) electrons. The zero-order valence-corrected chi connectivity index (χ0v) is 11.9. The fraction of sp³-hybridized carbons (Fsp3) is 0.917. The normalized spacial score (nSPS) is 13.0. The topological polar surface area (TPSA) is 37.4 Å². The van der Waals surface area contributed by atoms with Crippen LogP contribution in [0.5, 0.6) is 0 Å². The molecular formula is C12H26NO2S. The van der Waals surface area contributed by atoms with E-state index in [0.29, 0.717) is 12.1 Å². The van der Waals surface area contributed by atoms with Crippen LogP contribution in [0.1, 0.15) is 40.5 Å². The minimum Gasteiger partial charge on any atom is -0.299 e. The average molecular weight is 248 g/mol. The number of sulfone groups is 1. The van der Waals surface area contributed by atoms with Crippen LogP contribution >= 0.6 is 0 Å². The average Bonchev–Trinajstić information content (AvgIpc) is 2.16. The molecule has 0 unspecified atom stereocenters. The quantitative estimate of drug-likeness (QED) is 0.618. The van der Waals surface area contributed by atoms with Gasteiger partial charge in [-0.1, -0.05) is 0 Å². The van der Waals surface area contributed by atoms with Gasteiger partial charge in [-0.2, -0.15) is 0 Å². The van der Waals surface area contributed by atoms with Crippen molar-refractivity contribution in [1.29, 1.82) is 0 Å². The van der Waals surface area contributed by atoms with E-state index < -0.39 is 9.84 Å². The van der Waals surface area contributed by atoms with Crippen molar-refractivity contribution in [2.75, 3.05) is 18.1 Å². The van der Waals surface area contributed by atoms with Crippen molar-refractivity contribution in [3.05, 3.63) is 6.92 Å². The predicted octanol–water partition coefficient (Wildman–Crippen LogP) is 2.13. The van der Waals surface area contributed by atoms with Crippen molar-refractivity contribution in [2.24, 2.45) is 0 Å². The molecule has 0 N–H and O–H groups in total. The maximum atomic E-state index is 11.2. The molecule has 16 heavy (non-hydrogen) atoms. The number of hydrogen-bond acceptors (Lipinski definition) is 3. The summed E-state index contributed by atoms with van der Waals surface area (Å²) in [6.07, 6.45) is 1.68. The van der Waals surface area contributed by atoms with Gasteiger partial charge >= 0.3 is 0 Å². The van der Waals surface area contributed by atoms with Crippen molar-refractivity contribution in [3.63, 3.8) is 0 Å². The van der Waals surface area contributed by atoms with E-state index in [1.807, 2.05) is 0 Å². The van der Waals surface area contributed by atoms with Crippen LogP contribution in [0.4, 0.5) is 0 Å². The number of unbranched alkanes of at least 4 members (excludes halogenated alkanes) is 1. The second-order valence-corrected chi connectivity index (χ2v) is 7.09. The standard InChI is InChI=1S/C12H26NO2S/c1-6-16(14,15)10-8-7-9-13(11(2)3)12(4)5/h11-12H,1,6-10H2,2-5H3. The minimum absolute atomic E-state index is 0.0189. The lowest BCUT2D eigenvalue weighted by molar-refractivity contribution is 0.172. The first-order valence-electron chi connectivity index (χ1n) is 6.05. The molecule has 0 aromatic rings. The summed E-state index contributed by atoms with van der Waals surface area (Å²) >= 11 is 0. The van der Waals surface area contributed by atoms with Crippen LogP contribution in [-0.4, -0.2) is 43.5 Å². The zero-order chi connectivity index (χ0) is 12.8. The summed E-state index contributed by atoms with van der Waals surface area (Å²) in [7, 11) is -2.89. The number of nitrogens with zero attached hydrogens (tertiary/aromatic N) is 1. The third kappa shape index (κ3) is 6.48. The summed E-state index contributed by atoms with van der Waals surface area (Å²) in [5.41, 5.74) is 0. The van der Waals surface area contributed by atoms with Gasteiger partial charge in [0, 0.05) is 12.1 Å². The first-order valence-corrected chi connectivity index (χ1v) is 7.87. The molecule has 0 atom stereocenters. The molecule has 4 heteroatoms. The molecular weight excluding hydrogens is 222 g/mol. The lowest BCUT2D eigenvalue weighted by atomic mass is 10.2. The van der Waals surface area contributed by atoms with Gasteiger partial charge in [0.05, 0.1) is 11.5 Å². The fourth-order valence-electron chi connectivity index (χ4n) is 1.83. The molecule has 0 aliphatic carbocycles. The van der Waals surface area contributed by atoms with Crippen LogP contribution in [0.2, 0.25) is 0 Å². The lowest BCUT2D eigenvalue weighted by Gasteiger charge is -2.30. The van der Waals surface area contributed by atoms with E-state index in [4.69, 9.17) is 0 Å². The monoisotopic (exact) mass is 248 g/mol. The molecule has 0 aromatic carbocycles. The molecule has 0 spiro atoms. The Kier molecular flexibility index (Phi) is 7.24. The highest BCUT2D eigenvalue weighted by atomic mass is 32.2. The molecule has 0 amide bonds. The first-order chi connectivity index (χ1) is 7.30. The Morgan fingerprint density at radius 3 is 1.94 bits per heavy atom. The van der Waals surface area contributed by atoms with E-state index in [-0.39, 0.29) is 11.5 Å². The second kappa shape index (κ2) is 7.28. The van der Waals surface area contributed by atoms with Crippen molar-refractivity contribution >= 4 is 9.84 Å². The van der Waals surface area contributed by atoms with E-state index in [9.17, 15) is 8.42 Å².